The van der Waals surface area contributed by atoms with Crippen LogP contribution in [0.4, 0.5) is 0 Å². The van der Waals surface area contributed by atoms with E-state index in [4.69, 9.17) is 12.2 Å². The highest BCUT2D eigenvalue weighted by molar-refractivity contribution is 7.99. The molecule has 2 rings (SSSR count). The minimum absolute atomic E-state index is 0.0224. The van der Waals surface area contributed by atoms with Gasteiger partial charge in [-0.05, 0) is 36.3 Å². The first kappa shape index (κ1) is 12.9. The van der Waals surface area contributed by atoms with E-state index in [0.717, 1.165) is 21.7 Å². The second-order valence-electron chi connectivity index (χ2n) is 3.78. The number of H-pyrrole nitrogens is 1. The quantitative estimate of drug-likeness (QED) is 0.875. The van der Waals surface area contributed by atoms with Gasteiger partial charge in [-0.3, -0.25) is 9.36 Å². The predicted octanol–water partition coefficient (Wildman–Crippen LogP) is 3.43. The van der Waals surface area contributed by atoms with Gasteiger partial charge in [-0.15, -0.1) is 11.3 Å². The van der Waals surface area contributed by atoms with Crippen LogP contribution in [0, 0.1) is 4.77 Å². The third-order valence-corrected chi connectivity index (χ3v) is 4.81. The van der Waals surface area contributed by atoms with Gasteiger partial charge in [0.1, 0.15) is 4.83 Å². The predicted molar refractivity (Wildman–Crippen MR) is 79.0 cm³/mol. The zero-order valence-electron chi connectivity index (χ0n) is 9.73. The number of nitrogens with zero attached hydrogens (tertiary/aromatic N) is 1. The average molecular weight is 286 g/mol. The van der Waals surface area contributed by atoms with Crippen molar-refractivity contribution in [1.82, 2.24) is 9.55 Å². The summed E-state index contributed by atoms with van der Waals surface area (Å²) in [6, 6.07) is 1.98. The maximum Gasteiger partial charge on any atom is 0.263 e. The van der Waals surface area contributed by atoms with Gasteiger partial charge >= 0.3 is 0 Å². The number of rotatable bonds is 4. The fraction of sp³-hybridized carbons (Fsp3) is 0.455. The number of hydrogen-bond acceptors (Lipinski definition) is 4. The molecule has 0 saturated carbocycles. The van der Waals surface area contributed by atoms with Crippen LogP contribution in [-0.4, -0.2) is 21.1 Å². The van der Waals surface area contributed by atoms with Gasteiger partial charge in [0, 0.05) is 11.8 Å². The van der Waals surface area contributed by atoms with E-state index in [1.165, 1.54) is 11.3 Å². The Morgan fingerprint density at radius 2 is 2.41 bits per heavy atom. The van der Waals surface area contributed by atoms with Gasteiger partial charge in [-0.1, -0.05) is 6.92 Å². The number of thiophene rings is 1. The summed E-state index contributed by atoms with van der Waals surface area (Å²) in [5.74, 6) is 1.96. The Hall–Kier alpha value is -0.590. The minimum atomic E-state index is 0.0224. The van der Waals surface area contributed by atoms with Crippen LogP contribution >= 0.6 is 35.3 Å². The van der Waals surface area contributed by atoms with Crippen LogP contribution in [0.2, 0.25) is 0 Å². The Morgan fingerprint density at radius 3 is 3.12 bits per heavy atom. The highest BCUT2D eigenvalue weighted by atomic mass is 32.2. The molecule has 1 atom stereocenters. The van der Waals surface area contributed by atoms with E-state index >= 15 is 0 Å². The standard InChI is InChI=1S/C11H14N2OS3/c1-3-16-6-7(2)13-10(14)8-4-5-17-9(8)12-11(13)15/h4-5,7H,3,6H2,1-2H3,(H,12,15). The van der Waals surface area contributed by atoms with E-state index < -0.39 is 0 Å². The molecule has 0 saturated heterocycles. The van der Waals surface area contributed by atoms with Crippen LogP contribution in [0.5, 0.6) is 0 Å². The van der Waals surface area contributed by atoms with E-state index in [2.05, 4.69) is 11.9 Å². The van der Waals surface area contributed by atoms with Gasteiger partial charge in [0.25, 0.3) is 5.56 Å². The molecule has 17 heavy (non-hydrogen) atoms. The maximum atomic E-state index is 12.3. The third-order valence-electron chi connectivity index (χ3n) is 2.56. The van der Waals surface area contributed by atoms with Crippen LogP contribution in [-0.2, 0) is 0 Å². The van der Waals surface area contributed by atoms with Crippen LogP contribution in [0.3, 0.4) is 0 Å². The van der Waals surface area contributed by atoms with Crippen molar-refractivity contribution in [3.05, 3.63) is 26.6 Å². The highest BCUT2D eigenvalue weighted by Gasteiger charge is 2.12. The zero-order chi connectivity index (χ0) is 12.4. The lowest BCUT2D eigenvalue weighted by atomic mass is 10.3. The summed E-state index contributed by atoms with van der Waals surface area (Å²) in [5.41, 5.74) is 0.0224. The van der Waals surface area contributed by atoms with Crippen LogP contribution in [0.15, 0.2) is 16.2 Å². The van der Waals surface area contributed by atoms with Crippen molar-refractivity contribution in [2.75, 3.05) is 11.5 Å². The molecule has 0 aliphatic carbocycles. The third kappa shape index (κ3) is 2.48. The summed E-state index contributed by atoms with van der Waals surface area (Å²) in [6.45, 7) is 4.15. The summed E-state index contributed by atoms with van der Waals surface area (Å²) >= 11 is 8.60. The molecule has 0 spiro atoms. The van der Waals surface area contributed by atoms with E-state index in [1.54, 1.807) is 4.57 Å². The number of aromatic nitrogens is 2. The van der Waals surface area contributed by atoms with Crippen molar-refractivity contribution in [3.63, 3.8) is 0 Å². The molecule has 2 aromatic rings. The molecule has 1 unspecified atom stereocenters. The summed E-state index contributed by atoms with van der Waals surface area (Å²) in [6.07, 6.45) is 0. The molecule has 1 N–H and O–H groups in total. The molecule has 0 aromatic carbocycles. The van der Waals surface area contributed by atoms with Gasteiger partial charge in [-0.2, -0.15) is 11.8 Å². The molecule has 0 aliphatic rings. The first-order chi connectivity index (χ1) is 8.15. The monoisotopic (exact) mass is 286 g/mol. The molecule has 0 fully saturated rings. The fourth-order valence-electron chi connectivity index (χ4n) is 1.72. The zero-order valence-corrected chi connectivity index (χ0v) is 12.2. The van der Waals surface area contributed by atoms with Gasteiger partial charge in [0.05, 0.1) is 5.39 Å². The van der Waals surface area contributed by atoms with Gasteiger partial charge in [0.15, 0.2) is 4.77 Å². The molecular weight excluding hydrogens is 272 g/mol. The number of fused-ring (bicyclic) bond motifs is 1. The van der Waals surface area contributed by atoms with Crippen molar-refractivity contribution >= 4 is 45.5 Å². The van der Waals surface area contributed by atoms with Crippen molar-refractivity contribution < 1.29 is 0 Å². The lowest BCUT2D eigenvalue weighted by Gasteiger charge is -2.14. The SMILES string of the molecule is CCSCC(C)n1c(=S)[nH]c2sccc2c1=O. The van der Waals surface area contributed by atoms with Gasteiger partial charge < -0.3 is 4.98 Å². The second-order valence-corrected chi connectivity index (χ2v) is 6.40. The van der Waals surface area contributed by atoms with Crippen LogP contribution in [0.25, 0.3) is 10.2 Å². The first-order valence-corrected chi connectivity index (χ1v) is 7.89. The molecule has 2 heterocycles. The molecule has 92 valence electrons. The maximum absolute atomic E-state index is 12.3. The molecule has 0 bridgehead atoms. The number of hydrogen-bond donors (Lipinski definition) is 1. The van der Waals surface area contributed by atoms with Crippen molar-refractivity contribution in [2.45, 2.75) is 19.9 Å². The molecule has 0 aliphatic heterocycles. The van der Waals surface area contributed by atoms with Crippen molar-refractivity contribution in [2.24, 2.45) is 0 Å². The first-order valence-electron chi connectivity index (χ1n) is 5.45. The summed E-state index contributed by atoms with van der Waals surface area (Å²) in [4.78, 5) is 16.3. The van der Waals surface area contributed by atoms with Crippen molar-refractivity contribution in [1.29, 1.82) is 0 Å². The normalized spacial score (nSPS) is 13.1. The van der Waals surface area contributed by atoms with E-state index in [-0.39, 0.29) is 11.6 Å². The fourth-order valence-corrected chi connectivity index (χ4v) is 3.65. The summed E-state index contributed by atoms with van der Waals surface area (Å²) in [7, 11) is 0. The average Bonchev–Trinajstić information content (AvgIpc) is 2.74. The Balaban J connectivity index is 2.53. The lowest BCUT2D eigenvalue weighted by Crippen LogP contribution is -2.26. The second kappa shape index (κ2) is 5.37. The van der Waals surface area contributed by atoms with Crippen LogP contribution < -0.4 is 5.56 Å². The van der Waals surface area contributed by atoms with E-state index in [0.29, 0.717) is 4.77 Å². The Bertz CT molecular complexity index is 625. The van der Waals surface area contributed by atoms with Crippen molar-refractivity contribution in [3.8, 4) is 0 Å². The molecule has 6 heteroatoms. The Kier molecular flexibility index (Phi) is 4.06. The Morgan fingerprint density at radius 1 is 1.65 bits per heavy atom. The number of aromatic amines is 1. The topological polar surface area (TPSA) is 37.8 Å². The lowest BCUT2D eigenvalue weighted by molar-refractivity contribution is 0.574. The van der Waals surface area contributed by atoms with E-state index in [9.17, 15) is 4.79 Å². The van der Waals surface area contributed by atoms with Gasteiger partial charge in [-0.25, -0.2) is 0 Å². The summed E-state index contributed by atoms with van der Waals surface area (Å²) in [5, 5.41) is 2.64. The summed E-state index contributed by atoms with van der Waals surface area (Å²) < 4.78 is 2.21. The molecule has 0 radical (unpaired) electrons. The minimum Gasteiger partial charge on any atom is -0.323 e. The number of thioether (sulfide) groups is 1. The van der Waals surface area contributed by atoms with Gasteiger partial charge in [0.2, 0.25) is 0 Å². The molecule has 0 amide bonds. The molecule has 3 nitrogen and oxygen atoms in total. The molecule has 2 aromatic heterocycles. The smallest absolute Gasteiger partial charge is 0.263 e. The van der Waals surface area contributed by atoms with E-state index in [1.807, 2.05) is 30.1 Å². The number of nitrogens with one attached hydrogen (secondary N) is 1. The van der Waals surface area contributed by atoms with Crippen LogP contribution in [0.1, 0.15) is 19.9 Å². The largest absolute Gasteiger partial charge is 0.323 e. The molecular formula is C11H14N2OS3. The highest BCUT2D eigenvalue weighted by Crippen LogP contribution is 2.17. The Labute approximate surface area is 113 Å².